The van der Waals surface area contributed by atoms with E-state index in [2.05, 4.69) is 10.3 Å². The molecule has 0 fully saturated rings. The summed E-state index contributed by atoms with van der Waals surface area (Å²) in [4.78, 5) is 28.0. The van der Waals surface area contributed by atoms with Crippen molar-refractivity contribution in [3.63, 3.8) is 0 Å². The van der Waals surface area contributed by atoms with Crippen molar-refractivity contribution in [2.24, 2.45) is 5.92 Å². The molecule has 1 N–H and O–H groups in total. The normalized spacial score (nSPS) is 13.3. The quantitative estimate of drug-likeness (QED) is 0.784. The van der Waals surface area contributed by atoms with Crippen molar-refractivity contribution in [1.82, 2.24) is 10.3 Å². The fraction of sp³-hybridized carbons (Fsp3) is 0.562. The summed E-state index contributed by atoms with van der Waals surface area (Å²) in [6, 6.07) is 4.67. The first-order valence-corrected chi connectivity index (χ1v) is 7.48. The number of rotatable bonds is 7. The number of hydrogen-bond acceptors (Lipinski definition) is 5. The second kappa shape index (κ2) is 9.02. The summed E-state index contributed by atoms with van der Waals surface area (Å²) in [6.07, 6.45) is 0.971. The molecular formula is C16H24N2O4. The van der Waals surface area contributed by atoms with E-state index in [9.17, 15) is 9.59 Å². The minimum Gasteiger partial charge on any atom is -0.464 e. The lowest BCUT2D eigenvalue weighted by Crippen LogP contribution is -2.43. The Balaban J connectivity index is 2.60. The molecule has 6 heteroatoms. The standard InChI is InChI=1S/C16H24N2O4/c1-5-21-15(19)14(10-11(2)3)18-16(20)22-12(4)13-8-6-7-9-17-13/h6-9,11-12,14H,5,10H2,1-4H3,(H,18,20)/t12?,14-/m0/s1. The molecular weight excluding hydrogens is 284 g/mol. The summed E-state index contributed by atoms with van der Waals surface area (Å²) in [6.45, 7) is 7.66. The van der Waals surface area contributed by atoms with Gasteiger partial charge in [-0.2, -0.15) is 0 Å². The number of nitrogens with zero attached hydrogens (tertiary/aromatic N) is 1. The van der Waals surface area contributed by atoms with Gasteiger partial charge in [0.05, 0.1) is 12.3 Å². The van der Waals surface area contributed by atoms with Gasteiger partial charge in [0.2, 0.25) is 0 Å². The van der Waals surface area contributed by atoms with Gasteiger partial charge in [-0.1, -0.05) is 19.9 Å². The highest BCUT2D eigenvalue weighted by atomic mass is 16.6. The second-order valence-electron chi connectivity index (χ2n) is 5.38. The van der Waals surface area contributed by atoms with Crippen molar-refractivity contribution >= 4 is 12.1 Å². The average Bonchev–Trinajstić information content (AvgIpc) is 2.47. The van der Waals surface area contributed by atoms with Gasteiger partial charge in [-0.05, 0) is 38.3 Å². The van der Waals surface area contributed by atoms with Crippen LogP contribution in [0.2, 0.25) is 0 Å². The second-order valence-corrected chi connectivity index (χ2v) is 5.38. The molecule has 1 amide bonds. The molecule has 1 heterocycles. The van der Waals surface area contributed by atoms with Crippen molar-refractivity contribution < 1.29 is 19.1 Å². The summed E-state index contributed by atoms with van der Waals surface area (Å²) in [5.74, 6) is -0.207. The van der Waals surface area contributed by atoms with Crippen molar-refractivity contribution in [1.29, 1.82) is 0 Å². The van der Waals surface area contributed by atoms with Crippen LogP contribution in [-0.2, 0) is 14.3 Å². The van der Waals surface area contributed by atoms with E-state index in [1.54, 1.807) is 32.2 Å². The zero-order valence-electron chi connectivity index (χ0n) is 13.5. The molecule has 2 atom stereocenters. The van der Waals surface area contributed by atoms with E-state index in [0.717, 1.165) is 0 Å². The minimum absolute atomic E-state index is 0.239. The molecule has 22 heavy (non-hydrogen) atoms. The number of pyridine rings is 1. The number of hydrogen-bond donors (Lipinski definition) is 1. The van der Waals surface area contributed by atoms with Crippen LogP contribution < -0.4 is 5.32 Å². The van der Waals surface area contributed by atoms with Crippen LogP contribution in [0.3, 0.4) is 0 Å². The number of amides is 1. The maximum Gasteiger partial charge on any atom is 0.408 e. The van der Waals surface area contributed by atoms with Crippen LogP contribution in [0.25, 0.3) is 0 Å². The van der Waals surface area contributed by atoms with Gasteiger partial charge in [-0.25, -0.2) is 9.59 Å². The van der Waals surface area contributed by atoms with Crippen molar-refractivity contribution in [2.75, 3.05) is 6.61 Å². The van der Waals surface area contributed by atoms with Gasteiger partial charge < -0.3 is 14.8 Å². The molecule has 0 aliphatic carbocycles. The number of carbonyl (C=O) groups is 2. The van der Waals surface area contributed by atoms with Crippen LogP contribution in [0.4, 0.5) is 4.79 Å². The average molecular weight is 308 g/mol. The highest BCUT2D eigenvalue weighted by Gasteiger charge is 2.24. The highest BCUT2D eigenvalue weighted by Crippen LogP contribution is 2.14. The first kappa shape index (κ1) is 17.9. The predicted molar refractivity (Wildman–Crippen MR) is 82.1 cm³/mol. The van der Waals surface area contributed by atoms with Crippen LogP contribution in [0.15, 0.2) is 24.4 Å². The smallest absolute Gasteiger partial charge is 0.408 e. The molecule has 0 saturated heterocycles. The third-order valence-corrected chi connectivity index (χ3v) is 2.96. The zero-order chi connectivity index (χ0) is 16.5. The summed E-state index contributed by atoms with van der Waals surface area (Å²) < 4.78 is 10.2. The monoisotopic (exact) mass is 308 g/mol. The third kappa shape index (κ3) is 6.11. The molecule has 0 aliphatic rings. The van der Waals surface area contributed by atoms with Crippen LogP contribution in [-0.4, -0.2) is 29.7 Å². The number of alkyl carbamates (subject to hydrolysis) is 1. The van der Waals surface area contributed by atoms with Crippen molar-refractivity contribution in [3.05, 3.63) is 30.1 Å². The fourth-order valence-electron chi connectivity index (χ4n) is 1.94. The molecule has 6 nitrogen and oxygen atoms in total. The first-order chi connectivity index (χ1) is 10.4. The van der Waals surface area contributed by atoms with Gasteiger partial charge in [-0.15, -0.1) is 0 Å². The Morgan fingerprint density at radius 3 is 2.55 bits per heavy atom. The Morgan fingerprint density at radius 1 is 1.27 bits per heavy atom. The van der Waals surface area contributed by atoms with E-state index in [0.29, 0.717) is 12.1 Å². The lowest BCUT2D eigenvalue weighted by molar-refractivity contribution is -0.146. The van der Waals surface area contributed by atoms with E-state index < -0.39 is 24.2 Å². The van der Waals surface area contributed by atoms with E-state index in [-0.39, 0.29) is 12.5 Å². The summed E-state index contributed by atoms with van der Waals surface area (Å²) in [5, 5.41) is 2.57. The zero-order valence-corrected chi connectivity index (χ0v) is 13.5. The highest BCUT2D eigenvalue weighted by molar-refractivity contribution is 5.81. The fourth-order valence-corrected chi connectivity index (χ4v) is 1.94. The number of ether oxygens (including phenoxy) is 2. The molecule has 0 saturated carbocycles. The maximum absolute atomic E-state index is 12.0. The van der Waals surface area contributed by atoms with Crippen molar-refractivity contribution in [3.8, 4) is 0 Å². The Labute approximate surface area is 131 Å². The van der Waals surface area contributed by atoms with Gasteiger partial charge in [0.15, 0.2) is 0 Å². The number of carbonyl (C=O) groups excluding carboxylic acids is 2. The molecule has 0 aliphatic heterocycles. The minimum atomic E-state index is -0.705. The first-order valence-electron chi connectivity index (χ1n) is 7.48. The number of aromatic nitrogens is 1. The molecule has 1 aromatic rings. The summed E-state index contributed by atoms with van der Waals surface area (Å²) >= 11 is 0. The molecule has 0 aromatic carbocycles. The van der Waals surface area contributed by atoms with Crippen molar-refractivity contribution in [2.45, 2.75) is 46.3 Å². The molecule has 1 aromatic heterocycles. The molecule has 0 spiro atoms. The topological polar surface area (TPSA) is 77.5 Å². The van der Waals surface area contributed by atoms with Gasteiger partial charge >= 0.3 is 12.1 Å². The van der Waals surface area contributed by atoms with Gasteiger partial charge in [0.25, 0.3) is 0 Å². The van der Waals surface area contributed by atoms with Crippen LogP contribution in [0.1, 0.15) is 45.9 Å². The van der Waals surface area contributed by atoms with Gasteiger partial charge in [0, 0.05) is 6.20 Å². The van der Waals surface area contributed by atoms with E-state index in [4.69, 9.17) is 9.47 Å². The van der Waals surface area contributed by atoms with Crippen LogP contribution in [0.5, 0.6) is 0 Å². The van der Waals surface area contributed by atoms with Gasteiger partial charge in [-0.3, -0.25) is 4.98 Å². The third-order valence-electron chi connectivity index (χ3n) is 2.96. The summed E-state index contributed by atoms with van der Waals surface area (Å²) in [7, 11) is 0. The van der Waals surface area contributed by atoms with Crippen LogP contribution in [0, 0.1) is 5.92 Å². The molecule has 122 valence electrons. The molecule has 1 unspecified atom stereocenters. The van der Waals surface area contributed by atoms with Gasteiger partial charge in [0.1, 0.15) is 12.1 Å². The molecule has 0 bridgehead atoms. The Kier molecular flexibility index (Phi) is 7.36. The number of esters is 1. The van der Waals surface area contributed by atoms with E-state index >= 15 is 0 Å². The Hall–Kier alpha value is -2.11. The predicted octanol–water partition coefficient (Wildman–Crippen LogP) is 2.85. The number of nitrogens with one attached hydrogen (secondary N) is 1. The lowest BCUT2D eigenvalue weighted by Gasteiger charge is -2.20. The summed E-state index contributed by atoms with van der Waals surface area (Å²) in [5.41, 5.74) is 0.647. The van der Waals surface area contributed by atoms with Crippen LogP contribution >= 0.6 is 0 Å². The largest absolute Gasteiger partial charge is 0.464 e. The Bertz CT molecular complexity index is 476. The Morgan fingerprint density at radius 2 is 2.00 bits per heavy atom. The maximum atomic E-state index is 12.0. The lowest BCUT2D eigenvalue weighted by atomic mass is 10.0. The SMILES string of the molecule is CCOC(=O)[C@H](CC(C)C)NC(=O)OC(C)c1ccccn1. The van der Waals surface area contributed by atoms with E-state index in [1.165, 1.54) is 0 Å². The molecule has 0 radical (unpaired) electrons. The molecule has 1 rings (SSSR count). The van der Waals surface area contributed by atoms with E-state index in [1.807, 2.05) is 19.9 Å².